The fourth-order valence-electron chi connectivity index (χ4n) is 0.770. The summed E-state index contributed by atoms with van der Waals surface area (Å²) in [5.74, 6) is 0.611. The van der Waals surface area contributed by atoms with Gasteiger partial charge in [0.2, 0.25) is 0 Å². The molecule has 1 aliphatic heterocycles. The molecule has 1 aliphatic rings. The molecule has 9 heavy (non-hydrogen) atoms. The molecule has 1 heterocycles. The highest BCUT2D eigenvalue weighted by Crippen LogP contribution is 2.07. The van der Waals surface area contributed by atoms with E-state index < -0.39 is 0 Å². The Morgan fingerprint density at radius 3 is 2.67 bits per heavy atom. The number of hydrogen-bond donors (Lipinski definition) is 1. The van der Waals surface area contributed by atoms with Crippen molar-refractivity contribution in [2.45, 2.75) is 19.9 Å². The largest absolute Gasteiger partial charge is 0.353 e. The first-order chi connectivity index (χ1) is 4.30. The molecule has 0 fully saturated rings. The monoisotopic (exact) mass is 124 g/mol. The Balaban J connectivity index is 2.49. The summed E-state index contributed by atoms with van der Waals surface area (Å²) in [7, 11) is 0. The average Bonchev–Trinajstić information content (AvgIpc) is 1.90. The SMILES string of the molecule is CC(C)C1C=CNC=N1. The van der Waals surface area contributed by atoms with Gasteiger partial charge in [-0.25, -0.2) is 0 Å². The molecule has 0 aromatic carbocycles. The molecular weight excluding hydrogens is 112 g/mol. The van der Waals surface area contributed by atoms with E-state index in [-0.39, 0.29) is 0 Å². The van der Waals surface area contributed by atoms with Gasteiger partial charge in [-0.05, 0) is 18.2 Å². The van der Waals surface area contributed by atoms with Crippen molar-refractivity contribution in [3.63, 3.8) is 0 Å². The van der Waals surface area contributed by atoms with Crippen LogP contribution in [0, 0.1) is 5.92 Å². The smallest absolute Gasteiger partial charge is 0.0870 e. The Morgan fingerprint density at radius 1 is 1.56 bits per heavy atom. The summed E-state index contributed by atoms with van der Waals surface area (Å²) in [6.45, 7) is 4.33. The molecule has 1 unspecified atom stereocenters. The van der Waals surface area contributed by atoms with Crippen LogP contribution < -0.4 is 5.32 Å². The van der Waals surface area contributed by atoms with Gasteiger partial charge in [0.1, 0.15) is 0 Å². The van der Waals surface area contributed by atoms with Crippen molar-refractivity contribution in [1.82, 2.24) is 5.32 Å². The Kier molecular flexibility index (Phi) is 1.88. The maximum Gasteiger partial charge on any atom is 0.0870 e. The summed E-state index contributed by atoms with van der Waals surface area (Å²) < 4.78 is 0. The summed E-state index contributed by atoms with van der Waals surface area (Å²) in [5, 5.41) is 2.90. The first kappa shape index (κ1) is 6.33. The van der Waals surface area contributed by atoms with Gasteiger partial charge in [-0.1, -0.05) is 13.8 Å². The van der Waals surface area contributed by atoms with Crippen LogP contribution >= 0.6 is 0 Å². The highest BCUT2D eigenvalue weighted by Gasteiger charge is 2.07. The van der Waals surface area contributed by atoms with E-state index in [2.05, 4.69) is 30.2 Å². The van der Waals surface area contributed by atoms with Crippen LogP contribution in [0.4, 0.5) is 0 Å². The minimum atomic E-state index is 0.381. The van der Waals surface area contributed by atoms with Gasteiger partial charge in [0.15, 0.2) is 0 Å². The minimum Gasteiger partial charge on any atom is -0.353 e. The van der Waals surface area contributed by atoms with Gasteiger partial charge in [0, 0.05) is 0 Å². The number of nitrogens with zero attached hydrogens (tertiary/aromatic N) is 1. The van der Waals surface area contributed by atoms with E-state index in [9.17, 15) is 0 Å². The lowest BCUT2D eigenvalue weighted by Gasteiger charge is -2.13. The van der Waals surface area contributed by atoms with E-state index in [1.807, 2.05) is 6.20 Å². The maximum absolute atomic E-state index is 4.21. The van der Waals surface area contributed by atoms with Crippen LogP contribution in [-0.4, -0.2) is 12.4 Å². The molecule has 1 atom stereocenters. The van der Waals surface area contributed by atoms with Crippen molar-refractivity contribution in [1.29, 1.82) is 0 Å². The molecule has 2 nitrogen and oxygen atoms in total. The van der Waals surface area contributed by atoms with E-state index in [0.717, 1.165) is 0 Å². The minimum absolute atomic E-state index is 0.381. The second kappa shape index (κ2) is 2.67. The zero-order valence-corrected chi connectivity index (χ0v) is 5.83. The van der Waals surface area contributed by atoms with Gasteiger partial charge in [-0.2, -0.15) is 0 Å². The maximum atomic E-state index is 4.21. The highest BCUT2D eigenvalue weighted by molar-refractivity contribution is 5.57. The van der Waals surface area contributed by atoms with Crippen molar-refractivity contribution in [2.24, 2.45) is 10.9 Å². The molecule has 0 saturated carbocycles. The van der Waals surface area contributed by atoms with Gasteiger partial charge in [0.05, 0.1) is 12.4 Å². The van der Waals surface area contributed by atoms with Crippen molar-refractivity contribution < 1.29 is 0 Å². The molecule has 0 aromatic rings. The predicted octanol–water partition coefficient (Wildman–Crippen LogP) is 1.16. The molecule has 1 N–H and O–H groups in total. The zero-order chi connectivity index (χ0) is 6.69. The highest BCUT2D eigenvalue weighted by atomic mass is 15.0. The summed E-state index contributed by atoms with van der Waals surface area (Å²) in [6, 6.07) is 0.381. The Morgan fingerprint density at radius 2 is 2.33 bits per heavy atom. The molecule has 1 rings (SSSR count). The van der Waals surface area contributed by atoms with E-state index in [4.69, 9.17) is 0 Å². The van der Waals surface area contributed by atoms with E-state index >= 15 is 0 Å². The third kappa shape index (κ3) is 1.56. The first-order valence-corrected chi connectivity index (χ1v) is 3.25. The quantitative estimate of drug-likeness (QED) is 0.557. The second-order valence-corrected chi connectivity index (χ2v) is 2.54. The van der Waals surface area contributed by atoms with Gasteiger partial charge in [0.25, 0.3) is 0 Å². The number of nitrogens with one attached hydrogen (secondary N) is 1. The molecule has 2 heteroatoms. The molecule has 0 radical (unpaired) electrons. The molecule has 0 spiro atoms. The number of hydrogen-bond acceptors (Lipinski definition) is 2. The third-order valence-corrected chi connectivity index (χ3v) is 1.39. The van der Waals surface area contributed by atoms with Crippen LogP contribution in [0.3, 0.4) is 0 Å². The van der Waals surface area contributed by atoms with Crippen molar-refractivity contribution in [3.05, 3.63) is 12.3 Å². The van der Waals surface area contributed by atoms with Crippen LogP contribution in [0.15, 0.2) is 17.3 Å². The molecule has 0 amide bonds. The predicted molar refractivity (Wildman–Crippen MR) is 39.4 cm³/mol. The average molecular weight is 124 g/mol. The molecule has 0 bridgehead atoms. The van der Waals surface area contributed by atoms with E-state index in [0.29, 0.717) is 12.0 Å². The van der Waals surface area contributed by atoms with Crippen molar-refractivity contribution in [3.8, 4) is 0 Å². The lowest BCUT2D eigenvalue weighted by molar-refractivity contribution is 0.568. The molecule has 0 aromatic heterocycles. The van der Waals surface area contributed by atoms with Gasteiger partial charge in [-0.15, -0.1) is 0 Å². The van der Waals surface area contributed by atoms with Crippen LogP contribution in [0.5, 0.6) is 0 Å². The van der Waals surface area contributed by atoms with Gasteiger partial charge in [-0.3, -0.25) is 4.99 Å². The first-order valence-electron chi connectivity index (χ1n) is 3.25. The topological polar surface area (TPSA) is 24.4 Å². The van der Waals surface area contributed by atoms with Crippen molar-refractivity contribution in [2.75, 3.05) is 0 Å². The lowest BCUT2D eigenvalue weighted by Crippen LogP contribution is -2.17. The van der Waals surface area contributed by atoms with E-state index in [1.165, 1.54) is 0 Å². The Labute approximate surface area is 55.7 Å². The van der Waals surface area contributed by atoms with Gasteiger partial charge >= 0.3 is 0 Å². The normalized spacial score (nSPS) is 24.6. The molecule has 0 aliphatic carbocycles. The molecule has 50 valence electrons. The Bertz CT molecular complexity index is 124. The standard InChI is InChI=1S/C7H12N2/c1-6(2)7-3-4-8-5-9-7/h3-7H,1-2H3,(H,8,9). The lowest BCUT2D eigenvalue weighted by atomic mass is 10.1. The summed E-state index contributed by atoms with van der Waals surface area (Å²) >= 11 is 0. The third-order valence-electron chi connectivity index (χ3n) is 1.39. The fourth-order valence-corrected chi connectivity index (χ4v) is 0.770. The number of rotatable bonds is 1. The zero-order valence-electron chi connectivity index (χ0n) is 5.83. The molecule has 0 saturated heterocycles. The summed E-state index contributed by atoms with van der Waals surface area (Å²) in [6.07, 6.45) is 5.74. The van der Waals surface area contributed by atoms with Crippen LogP contribution in [0.2, 0.25) is 0 Å². The Hall–Kier alpha value is -0.790. The van der Waals surface area contributed by atoms with Crippen molar-refractivity contribution >= 4 is 6.34 Å². The second-order valence-electron chi connectivity index (χ2n) is 2.54. The summed E-state index contributed by atoms with van der Waals surface area (Å²) in [4.78, 5) is 4.21. The van der Waals surface area contributed by atoms with Crippen LogP contribution in [0.25, 0.3) is 0 Å². The summed E-state index contributed by atoms with van der Waals surface area (Å²) in [5.41, 5.74) is 0. The van der Waals surface area contributed by atoms with Gasteiger partial charge < -0.3 is 5.32 Å². The van der Waals surface area contributed by atoms with Crippen LogP contribution in [0.1, 0.15) is 13.8 Å². The van der Waals surface area contributed by atoms with E-state index in [1.54, 1.807) is 6.34 Å². The van der Waals surface area contributed by atoms with Crippen LogP contribution in [-0.2, 0) is 0 Å². The fraction of sp³-hybridized carbons (Fsp3) is 0.571. The molecular formula is C7H12N2. The number of aliphatic imine (C=N–C) groups is 1.